The highest BCUT2D eigenvalue weighted by molar-refractivity contribution is 6.08. The number of imide groups is 1. The molecule has 0 unspecified atom stereocenters. The maximum Gasteiger partial charge on any atom is 0.325 e. The molecule has 1 heterocycles. The third-order valence-electron chi connectivity index (χ3n) is 3.70. The molecule has 0 spiro atoms. The molecule has 0 bridgehead atoms. The van der Waals surface area contributed by atoms with E-state index in [0.717, 1.165) is 16.0 Å². The number of amides is 4. The molecule has 118 valence electrons. The van der Waals surface area contributed by atoms with E-state index in [9.17, 15) is 14.4 Å². The number of carbonyl (C=O) groups is 3. The van der Waals surface area contributed by atoms with Crippen molar-refractivity contribution in [3.05, 3.63) is 35.4 Å². The highest BCUT2D eigenvalue weighted by atomic mass is 16.2. The van der Waals surface area contributed by atoms with Crippen molar-refractivity contribution < 1.29 is 14.4 Å². The van der Waals surface area contributed by atoms with Crippen molar-refractivity contribution in [3.63, 3.8) is 0 Å². The van der Waals surface area contributed by atoms with Crippen LogP contribution in [-0.2, 0) is 16.1 Å². The Bertz CT molecular complexity index is 608. The van der Waals surface area contributed by atoms with Crippen molar-refractivity contribution in [2.75, 3.05) is 13.6 Å². The number of urea groups is 1. The van der Waals surface area contributed by atoms with E-state index in [1.165, 1.54) is 4.90 Å². The van der Waals surface area contributed by atoms with Gasteiger partial charge in [-0.1, -0.05) is 29.8 Å². The van der Waals surface area contributed by atoms with Gasteiger partial charge >= 0.3 is 6.03 Å². The van der Waals surface area contributed by atoms with Gasteiger partial charge < -0.3 is 10.2 Å². The Balaban J connectivity index is 1.98. The standard InChI is InChI=1S/C16H21N3O3/c1-11-5-7-12(8-6-11)9-18(4)13(20)10-19-14(21)16(2,3)17-15(19)22/h5-8H,9-10H2,1-4H3,(H,17,22). The minimum absolute atomic E-state index is 0.240. The summed E-state index contributed by atoms with van der Waals surface area (Å²) in [6, 6.07) is 7.35. The molecule has 2 rings (SSSR count). The van der Waals surface area contributed by atoms with Crippen LogP contribution in [0.3, 0.4) is 0 Å². The van der Waals surface area contributed by atoms with Crippen molar-refractivity contribution in [2.45, 2.75) is 32.9 Å². The van der Waals surface area contributed by atoms with Crippen molar-refractivity contribution in [1.29, 1.82) is 0 Å². The second-order valence-corrected chi connectivity index (χ2v) is 6.18. The van der Waals surface area contributed by atoms with Crippen LogP contribution < -0.4 is 5.32 Å². The Kier molecular flexibility index (Phi) is 4.21. The maximum atomic E-state index is 12.2. The monoisotopic (exact) mass is 303 g/mol. The zero-order chi connectivity index (χ0) is 16.5. The molecule has 1 aromatic rings. The first kappa shape index (κ1) is 16.0. The van der Waals surface area contributed by atoms with E-state index in [1.807, 2.05) is 31.2 Å². The fourth-order valence-corrected chi connectivity index (χ4v) is 2.27. The summed E-state index contributed by atoms with van der Waals surface area (Å²) in [6.45, 7) is 5.43. The average Bonchev–Trinajstić information content (AvgIpc) is 2.63. The Labute approximate surface area is 130 Å². The average molecular weight is 303 g/mol. The molecule has 4 amide bonds. The minimum Gasteiger partial charge on any atom is -0.340 e. The Morgan fingerprint density at radius 1 is 1.23 bits per heavy atom. The molecule has 0 aromatic heterocycles. The largest absolute Gasteiger partial charge is 0.340 e. The molecular weight excluding hydrogens is 282 g/mol. The number of hydrogen-bond acceptors (Lipinski definition) is 3. The SMILES string of the molecule is Cc1ccc(CN(C)C(=O)CN2C(=O)NC(C)(C)C2=O)cc1. The topological polar surface area (TPSA) is 69.7 Å². The van der Waals surface area contributed by atoms with Crippen LogP contribution in [0.2, 0.25) is 0 Å². The van der Waals surface area contributed by atoms with E-state index < -0.39 is 11.6 Å². The van der Waals surface area contributed by atoms with Gasteiger partial charge in [-0.3, -0.25) is 14.5 Å². The molecule has 6 heteroatoms. The third-order valence-corrected chi connectivity index (χ3v) is 3.70. The van der Waals surface area contributed by atoms with E-state index >= 15 is 0 Å². The second-order valence-electron chi connectivity index (χ2n) is 6.18. The molecule has 6 nitrogen and oxygen atoms in total. The summed E-state index contributed by atoms with van der Waals surface area (Å²) in [4.78, 5) is 38.5. The summed E-state index contributed by atoms with van der Waals surface area (Å²) in [5, 5.41) is 2.56. The lowest BCUT2D eigenvalue weighted by atomic mass is 10.1. The first-order valence-corrected chi connectivity index (χ1v) is 7.14. The highest BCUT2D eigenvalue weighted by Crippen LogP contribution is 2.16. The number of benzene rings is 1. The maximum absolute atomic E-state index is 12.2. The van der Waals surface area contributed by atoms with E-state index in [1.54, 1.807) is 20.9 Å². The van der Waals surface area contributed by atoms with Crippen molar-refractivity contribution >= 4 is 17.8 Å². The van der Waals surface area contributed by atoms with Gasteiger partial charge in [0.1, 0.15) is 12.1 Å². The lowest BCUT2D eigenvalue weighted by Crippen LogP contribution is -2.43. The molecule has 1 aliphatic heterocycles. The number of nitrogens with one attached hydrogen (secondary N) is 1. The van der Waals surface area contributed by atoms with Crippen LogP contribution in [0.5, 0.6) is 0 Å². The number of nitrogens with zero attached hydrogens (tertiary/aromatic N) is 2. The molecule has 1 saturated heterocycles. The number of hydrogen-bond donors (Lipinski definition) is 1. The predicted molar refractivity (Wildman–Crippen MR) is 82.0 cm³/mol. The molecule has 1 N–H and O–H groups in total. The van der Waals surface area contributed by atoms with Gasteiger partial charge in [-0.15, -0.1) is 0 Å². The molecule has 1 aromatic carbocycles. The van der Waals surface area contributed by atoms with Crippen LogP contribution in [0.1, 0.15) is 25.0 Å². The lowest BCUT2D eigenvalue weighted by molar-refractivity contribution is -0.138. The molecule has 22 heavy (non-hydrogen) atoms. The smallest absolute Gasteiger partial charge is 0.325 e. The van der Waals surface area contributed by atoms with Crippen LogP contribution >= 0.6 is 0 Å². The fraction of sp³-hybridized carbons (Fsp3) is 0.438. The summed E-state index contributed by atoms with van der Waals surface area (Å²) < 4.78 is 0. The van der Waals surface area contributed by atoms with Crippen LogP contribution in [0, 0.1) is 6.92 Å². The third kappa shape index (κ3) is 3.27. The van der Waals surface area contributed by atoms with Gasteiger partial charge in [-0.2, -0.15) is 0 Å². The van der Waals surface area contributed by atoms with E-state index in [2.05, 4.69) is 5.32 Å². The zero-order valence-electron chi connectivity index (χ0n) is 13.3. The predicted octanol–water partition coefficient (Wildman–Crippen LogP) is 1.28. The van der Waals surface area contributed by atoms with Crippen LogP contribution in [0.25, 0.3) is 0 Å². The van der Waals surface area contributed by atoms with Gasteiger partial charge in [0.05, 0.1) is 0 Å². The first-order valence-electron chi connectivity index (χ1n) is 7.14. The van der Waals surface area contributed by atoms with Crippen LogP contribution in [0.4, 0.5) is 4.79 Å². The van der Waals surface area contributed by atoms with Gasteiger partial charge in [0.15, 0.2) is 0 Å². The van der Waals surface area contributed by atoms with Crippen LogP contribution in [-0.4, -0.2) is 46.8 Å². The van der Waals surface area contributed by atoms with Gasteiger partial charge in [0.2, 0.25) is 5.91 Å². The summed E-state index contributed by atoms with van der Waals surface area (Å²) >= 11 is 0. The van der Waals surface area contributed by atoms with Crippen molar-refractivity contribution in [2.24, 2.45) is 0 Å². The lowest BCUT2D eigenvalue weighted by Gasteiger charge is -2.21. The molecule has 1 aliphatic rings. The molecule has 0 atom stereocenters. The molecular formula is C16H21N3O3. The quantitative estimate of drug-likeness (QED) is 0.852. The fourth-order valence-electron chi connectivity index (χ4n) is 2.27. The Morgan fingerprint density at radius 2 is 1.82 bits per heavy atom. The number of carbonyl (C=O) groups excluding carboxylic acids is 3. The van der Waals surface area contributed by atoms with Gasteiger partial charge in [0.25, 0.3) is 5.91 Å². The number of likely N-dealkylation sites (N-methyl/N-ethyl adjacent to an activating group) is 1. The van der Waals surface area contributed by atoms with Crippen LogP contribution in [0.15, 0.2) is 24.3 Å². The number of aryl methyl sites for hydroxylation is 1. The highest BCUT2D eigenvalue weighted by Gasteiger charge is 2.45. The summed E-state index contributed by atoms with van der Waals surface area (Å²) in [7, 11) is 1.66. The van der Waals surface area contributed by atoms with E-state index in [-0.39, 0.29) is 18.4 Å². The number of rotatable bonds is 4. The molecule has 1 fully saturated rings. The second kappa shape index (κ2) is 5.79. The van der Waals surface area contributed by atoms with E-state index in [0.29, 0.717) is 6.54 Å². The molecule has 0 aliphatic carbocycles. The van der Waals surface area contributed by atoms with Crippen molar-refractivity contribution in [1.82, 2.24) is 15.1 Å². The molecule has 0 radical (unpaired) electrons. The zero-order valence-corrected chi connectivity index (χ0v) is 13.3. The normalized spacial score (nSPS) is 16.6. The molecule has 0 saturated carbocycles. The summed E-state index contributed by atoms with van der Waals surface area (Å²) in [6.07, 6.45) is 0. The Morgan fingerprint density at radius 3 is 2.32 bits per heavy atom. The van der Waals surface area contributed by atoms with Gasteiger partial charge in [0, 0.05) is 13.6 Å². The first-order chi connectivity index (χ1) is 10.2. The van der Waals surface area contributed by atoms with Gasteiger partial charge in [-0.05, 0) is 26.3 Å². The Hall–Kier alpha value is -2.37. The summed E-state index contributed by atoms with van der Waals surface area (Å²) in [5.41, 5.74) is 1.20. The minimum atomic E-state index is -0.951. The van der Waals surface area contributed by atoms with Gasteiger partial charge in [-0.25, -0.2) is 4.79 Å². The summed E-state index contributed by atoms with van der Waals surface area (Å²) in [5.74, 6) is -0.656. The van der Waals surface area contributed by atoms with E-state index in [4.69, 9.17) is 0 Å². The van der Waals surface area contributed by atoms with Crippen molar-refractivity contribution in [3.8, 4) is 0 Å².